The van der Waals surface area contributed by atoms with E-state index in [2.05, 4.69) is 10.9 Å². The highest BCUT2D eigenvalue weighted by atomic mass is 19.2. The molecule has 2 N–H and O–H groups in total. The highest BCUT2D eigenvalue weighted by molar-refractivity contribution is 5.80. The quantitative estimate of drug-likeness (QED) is 0.188. The van der Waals surface area contributed by atoms with Crippen molar-refractivity contribution in [2.75, 3.05) is 0 Å². The number of benzene rings is 1. The maximum absolute atomic E-state index is 12.7. The zero-order valence-corrected chi connectivity index (χ0v) is 6.49. The van der Waals surface area contributed by atoms with Crippen molar-refractivity contribution in [2.24, 2.45) is 10.9 Å². The smallest absolute Gasteiger partial charge is 0.200 e. The summed E-state index contributed by atoms with van der Waals surface area (Å²) in [5, 5.41) is 2.68. The highest BCUT2D eigenvalue weighted by Crippen LogP contribution is 2.21. The van der Waals surface area contributed by atoms with Gasteiger partial charge in [0, 0.05) is 0 Å². The number of nitrogens with two attached hydrogens (primary N) is 1. The molecule has 14 heavy (non-hydrogen) atoms. The molecule has 0 aliphatic rings. The van der Waals surface area contributed by atoms with E-state index in [-0.39, 0.29) is 0 Å². The molecule has 0 aliphatic heterocycles. The molecular weight excluding hydrogens is 207 g/mol. The summed E-state index contributed by atoms with van der Waals surface area (Å²) in [6, 6.07) is 0. The van der Waals surface area contributed by atoms with E-state index < -0.39 is 34.6 Å². The lowest BCUT2D eigenvalue weighted by molar-refractivity contribution is 0.377. The second-order valence-corrected chi connectivity index (χ2v) is 2.26. The summed E-state index contributed by atoms with van der Waals surface area (Å²) in [5.41, 5.74) is -1.16. The van der Waals surface area contributed by atoms with Crippen LogP contribution in [0.1, 0.15) is 5.56 Å². The molecule has 0 saturated heterocycles. The van der Waals surface area contributed by atoms with Crippen LogP contribution in [-0.4, -0.2) is 6.21 Å². The minimum Gasteiger partial charge on any atom is -0.323 e. The van der Waals surface area contributed by atoms with E-state index in [9.17, 15) is 22.0 Å². The van der Waals surface area contributed by atoms with Crippen LogP contribution in [0.25, 0.3) is 0 Å². The van der Waals surface area contributed by atoms with Gasteiger partial charge in [0.25, 0.3) is 0 Å². The van der Waals surface area contributed by atoms with Gasteiger partial charge in [0.2, 0.25) is 5.82 Å². The second kappa shape index (κ2) is 3.60. The van der Waals surface area contributed by atoms with Gasteiger partial charge in [-0.05, 0) is 0 Å². The van der Waals surface area contributed by atoms with Crippen molar-refractivity contribution in [3.63, 3.8) is 0 Å². The molecule has 0 bridgehead atoms. The van der Waals surface area contributed by atoms with E-state index >= 15 is 0 Å². The summed E-state index contributed by atoms with van der Waals surface area (Å²) >= 11 is 0. The molecule has 1 rings (SSSR count). The molecule has 0 aliphatic carbocycles. The van der Waals surface area contributed by atoms with E-state index in [0.29, 0.717) is 6.21 Å². The van der Waals surface area contributed by atoms with Crippen LogP contribution in [-0.2, 0) is 0 Å². The predicted molar refractivity (Wildman–Crippen MR) is 38.0 cm³/mol. The fourth-order valence-electron chi connectivity index (χ4n) is 0.810. The molecule has 0 fully saturated rings. The highest BCUT2D eigenvalue weighted by Gasteiger charge is 2.24. The number of hydrazone groups is 1. The van der Waals surface area contributed by atoms with Gasteiger partial charge < -0.3 is 5.84 Å². The Labute approximate surface area is 74.8 Å². The first-order chi connectivity index (χ1) is 6.50. The van der Waals surface area contributed by atoms with Gasteiger partial charge in [-0.15, -0.1) is 0 Å². The largest absolute Gasteiger partial charge is 0.323 e. The standard InChI is InChI=1S/C7H3F5N2/c8-3-2(1-14-13)4(9)6(11)7(12)5(3)10/h1H,13H2/b14-1-. The maximum atomic E-state index is 12.7. The molecule has 0 heterocycles. The van der Waals surface area contributed by atoms with Gasteiger partial charge in [0.05, 0.1) is 11.8 Å². The molecule has 0 radical (unpaired) electrons. The first-order valence-corrected chi connectivity index (χ1v) is 3.25. The fourth-order valence-corrected chi connectivity index (χ4v) is 0.810. The molecule has 0 spiro atoms. The molecule has 1 aromatic carbocycles. The van der Waals surface area contributed by atoms with Crippen LogP contribution in [0, 0.1) is 29.1 Å². The minimum absolute atomic E-state index is 0.344. The van der Waals surface area contributed by atoms with Crippen molar-refractivity contribution in [3.05, 3.63) is 34.6 Å². The van der Waals surface area contributed by atoms with Gasteiger partial charge in [-0.3, -0.25) is 0 Å². The van der Waals surface area contributed by atoms with Gasteiger partial charge in [-0.1, -0.05) is 0 Å². The molecule has 0 atom stereocenters. The van der Waals surface area contributed by atoms with E-state index in [1.165, 1.54) is 0 Å². The Morgan fingerprint density at radius 2 is 1.14 bits per heavy atom. The Hall–Kier alpha value is -1.66. The SMILES string of the molecule is N/N=C\c1c(F)c(F)c(F)c(F)c1F. The molecular formula is C7H3F5N2. The van der Waals surface area contributed by atoms with Crippen molar-refractivity contribution in [1.29, 1.82) is 0 Å². The average molecular weight is 210 g/mol. The lowest BCUT2D eigenvalue weighted by Gasteiger charge is -2.02. The zero-order valence-electron chi connectivity index (χ0n) is 6.49. The Balaban J connectivity index is 3.59. The number of rotatable bonds is 1. The Kier molecular flexibility index (Phi) is 2.68. The molecule has 7 heteroatoms. The molecule has 0 unspecified atom stereocenters. The molecule has 0 aromatic heterocycles. The van der Waals surface area contributed by atoms with Crippen LogP contribution in [0.2, 0.25) is 0 Å². The van der Waals surface area contributed by atoms with Crippen LogP contribution in [0.15, 0.2) is 5.10 Å². The van der Waals surface area contributed by atoms with Crippen molar-refractivity contribution < 1.29 is 22.0 Å². The Morgan fingerprint density at radius 1 is 0.786 bits per heavy atom. The van der Waals surface area contributed by atoms with Crippen LogP contribution < -0.4 is 5.84 Å². The number of nitrogens with zero attached hydrogens (tertiary/aromatic N) is 1. The molecule has 0 saturated carbocycles. The number of hydrogen-bond donors (Lipinski definition) is 1. The van der Waals surface area contributed by atoms with E-state index in [1.54, 1.807) is 0 Å². The van der Waals surface area contributed by atoms with Crippen molar-refractivity contribution in [3.8, 4) is 0 Å². The van der Waals surface area contributed by atoms with Crippen LogP contribution >= 0.6 is 0 Å². The third kappa shape index (κ3) is 1.40. The number of halogens is 5. The van der Waals surface area contributed by atoms with Crippen molar-refractivity contribution in [1.82, 2.24) is 0 Å². The summed E-state index contributed by atoms with van der Waals surface area (Å²) < 4.78 is 62.8. The van der Waals surface area contributed by atoms with Crippen LogP contribution in [0.5, 0.6) is 0 Å². The normalized spacial score (nSPS) is 11.2. The molecule has 0 amide bonds. The lowest BCUT2D eigenvalue weighted by atomic mass is 10.2. The monoisotopic (exact) mass is 210 g/mol. The summed E-state index contributed by atoms with van der Waals surface area (Å²) in [5.74, 6) is -5.66. The van der Waals surface area contributed by atoms with Gasteiger partial charge in [-0.25, -0.2) is 22.0 Å². The van der Waals surface area contributed by atoms with Gasteiger partial charge >= 0.3 is 0 Å². The average Bonchev–Trinajstić information content (AvgIpc) is 2.19. The minimum atomic E-state index is -2.21. The number of hydrogen-bond acceptors (Lipinski definition) is 2. The van der Waals surface area contributed by atoms with E-state index in [0.717, 1.165) is 0 Å². The lowest BCUT2D eigenvalue weighted by Crippen LogP contribution is -2.07. The molecule has 76 valence electrons. The zero-order chi connectivity index (χ0) is 10.9. The van der Waals surface area contributed by atoms with Gasteiger partial charge in [-0.2, -0.15) is 5.10 Å². The third-order valence-electron chi connectivity index (χ3n) is 1.45. The maximum Gasteiger partial charge on any atom is 0.200 e. The van der Waals surface area contributed by atoms with Crippen LogP contribution in [0.3, 0.4) is 0 Å². The fraction of sp³-hybridized carbons (Fsp3) is 0. The third-order valence-corrected chi connectivity index (χ3v) is 1.45. The molecule has 1 aromatic rings. The summed E-state index contributed by atoms with van der Waals surface area (Å²) in [6.45, 7) is 0. The first kappa shape index (κ1) is 10.4. The summed E-state index contributed by atoms with van der Waals surface area (Å²) in [4.78, 5) is 0. The molecule has 2 nitrogen and oxygen atoms in total. The van der Waals surface area contributed by atoms with Gasteiger partial charge in [0.15, 0.2) is 23.3 Å². The Morgan fingerprint density at radius 3 is 1.50 bits per heavy atom. The summed E-state index contributed by atoms with van der Waals surface area (Å²) in [7, 11) is 0. The Bertz CT molecular complexity index is 373. The second-order valence-electron chi connectivity index (χ2n) is 2.26. The van der Waals surface area contributed by atoms with E-state index in [1.807, 2.05) is 0 Å². The van der Waals surface area contributed by atoms with Crippen molar-refractivity contribution in [2.45, 2.75) is 0 Å². The van der Waals surface area contributed by atoms with Gasteiger partial charge in [0.1, 0.15) is 0 Å². The topological polar surface area (TPSA) is 38.4 Å². The van der Waals surface area contributed by atoms with E-state index in [4.69, 9.17) is 0 Å². The summed E-state index contributed by atoms with van der Waals surface area (Å²) in [6.07, 6.45) is 0.344. The predicted octanol–water partition coefficient (Wildman–Crippen LogP) is 1.67. The van der Waals surface area contributed by atoms with Crippen LogP contribution in [0.4, 0.5) is 22.0 Å². The first-order valence-electron chi connectivity index (χ1n) is 3.25. The van der Waals surface area contributed by atoms with Crippen molar-refractivity contribution >= 4 is 6.21 Å².